The fourth-order valence-electron chi connectivity index (χ4n) is 2.79. The molecule has 0 saturated heterocycles. The van der Waals surface area contributed by atoms with Crippen LogP contribution in [-0.4, -0.2) is 11.0 Å². The molecule has 4 nitrogen and oxygen atoms in total. The van der Waals surface area contributed by atoms with Crippen molar-refractivity contribution in [1.82, 2.24) is 5.32 Å². The maximum atomic E-state index is 11.6. The highest BCUT2D eigenvalue weighted by Gasteiger charge is 2.09. The zero-order valence-corrected chi connectivity index (χ0v) is 15.0. The standard InChI is InChI=1S/C22H23NO3/c1-3-22(25)23-15(2)17-6-7-19-13-21(11-8-18(19)12-17)26-14-16-4-9-20(24)10-5-16/h4-13,15,24H,3,14H2,1-2H3,(H,23,25). The minimum absolute atomic E-state index is 0.0164. The monoisotopic (exact) mass is 349 g/mol. The van der Waals surface area contributed by atoms with Gasteiger partial charge in [0.05, 0.1) is 6.04 Å². The van der Waals surface area contributed by atoms with Gasteiger partial charge in [-0.1, -0.05) is 37.3 Å². The van der Waals surface area contributed by atoms with E-state index in [2.05, 4.69) is 11.4 Å². The first kappa shape index (κ1) is 17.8. The van der Waals surface area contributed by atoms with E-state index in [1.165, 1.54) is 0 Å². The molecule has 134 valence electrons. The number of phenolic OH excluding ortho intramolecular Hbond substituents is 1. The molecule has 0 bridgehead atoms. The molecule has 4 heteroatoms. The Balaban J connectivity index is 1.71. The van der Waals surface area contributed by atoms with Gasteiger partial charge in [-0.3, -0.25) is 4.79 Å². The van der Waals surface area contributed by atoms with Crippen LogP contribution in [0.15, 0.2) is 60.7 Å². The molecule has 0 aliphatic carbocycles. The molecule has 1 atom stereocenters. The van der Waals surface area contributed by atoms with Crippen LogP contribution in [0, 0.1) is 0 Å². The number of aromatic hydroxyl groups is 1. The number of ether oxygens (including phenoxy) is 1. The number of phenols is 1. The molecule has 1 amide bonds. The second-order valence-electron chi connectivity index (χ2n) is 6.37. The summed E-state index contributed by atoms with van der Waals surface area (Å²) in [7, 11) is 0. The lowest BCUT2D eigenvalue weighted by Gasteiger charge is -2.15. The Hall–Kier alpha value is -3.01. The predicted octanol–water partition coefficient (Wildman–Crippen LogP) is 4.71. The summed E-state index contributed by atoms with van der Waals surface area (Å²) in [6, 6.07) is 19.1. The fraction of sp³-hybridized carbons (Fsp3) is 0.227. The molecule has 3 rings (SSSR count). The van der Waals surface area contributed by atoms with Gasteiger partial charge in [0, 0.05) is 6.42 Å². The lowest BCUT2D eigenvalue weighted by atomic mass is 10.0. The smallest absolute Gasteiger partial charge is 0.220 e. The van der Waals surface area contributed by atoms with Crippen LogP contribution in [0.25, 0.3) is 10.8 Å². The number of hydrogen-bond donors (Lipinski definition) is 2. The first-order valence-corrected chi connectivity index (χ1v) is 8.79. The van der Waals surface area contributed by atoms with Gasteiger partial charge in [0.15, 0.2) is 0 Å². The van der Waals surface area contributed by atoms with Crippen molar-refractivity contribution < 1.29 is 14.6 Å². The number of amides is 1. The molecule has 0 spiro atoms. The molecule has 0 aromatic heterocycles. The van der Waals surface area contributed by atoms with Crippen molar-refractivity contribution >= 4 is 16.7 Å². The SMILES string of the molecule is CCC(=O)NC(C)c1ccc2cc(OCc3ccc(O)cc3)ccc2c1. The van der Waals surface area contributed by atoms with Crippen LogP contribution in [0.2, 0.25) is 0 Å². The van der Waals surface area contributed by atoms with Crippen LogP contribution >= 0.6 is 0 Å². The number of carbonyl (C=O) groups is 1. The highest BCUT2D eigenvalue weighted by atomic mass is 16.5. The van der Waals surface area contributed by atoms with Crippen LogP contribution < -0.4 is 10.1 Å². The normalized spacial score (nSPS) is 11.9. The Morgan fingerprint density at radius 1 is 1.04 bits per heavy atom. The van der Waals surface area contributed by atoms with E-state index in [4.69, 9.17) is 4.74 Å². The van der Waals surface area contributed by atoms with Gasteiger partial charge in [-0.2, -0.15) is 0 Å². The second-order valence-corrected chi connectivity index (χ2v) is 6.37. The van der Waals surface area contributed by atoms with E-state index in [0.29, 0.717) is 13.0 Å². The summed E-state index contributed by atoms with van der Waals surface area (Å²) >= 11 is 0. The Labute approximate surface area is 153 Å². The summed E-state index contributed by atoms with van der Waals surface area (Å²) in [6.45, 7) is 4.29. The van der Waals surface area contributed by atoms with Gasteiger partial charge in [0.25, 0.3) is 0 Å². The Morgan fingerprint density at radius 3 is 2.46 bits per heavy atom. The summed E-state index contributed by atoms with van der Waals surface area (Å²) in [4.78, 5) is 11.6. The molecule has 0 aliphatic heterocycles. The summed E-state index contributed by atoms with van der Waals surface area (Å²) in [5, 5.41) is 14.5. The number of carbonyl (C=O) groups excluding carboxylic acids is 1. The quantitative estimate of drug-likeness (QED) is 0.677. The molecule has 2 N–H and O–H groups in total. The van der Waals surface area contributed by atoms with Crippen molar-refractivity contribution in [3.05, 3.63) is 71.8 Å². The van der Waals surface area contributed by atoms with Crippen molar-refractivity contribution in [1.29, 1.82) is 0 Å². The van der Waals surface area contributed by atoms with Crippen molar-refractivity contribution in [3.8, 4) is 11.5 Å². The highest BCUT2D eigenvalue weighted by Crippen LogP contribution is 2.25. The van der Waals surface area contributed by atoms with Gasteiger partial charge in [-0.15, -0.1) is 0 Å². The van der Waals surface area contributed by atoms with Gasteiger partial charge in [0.2, 0.25) is 5.91 Å². The molecule has 0 aliphatic rings. The van der Waals surface area contributed by atoms with Crippen LogP contribution in [0.5, 0.6) is 11.5 Å². The van der Waals surface area contributed by atoms with Crippen molar-refractivity contribution in [2.24, 2.45) is 0 Å². The average Bonchev–Trinajstić information content (AvgIpc) is 2.66. The molecule has 1 unspecified atom stereocenters. The van der Waals surface area contributed by atoms with Crippen LogP contribution in [0.4, 0.5) is 0 Å². The van der Waals surface area contributed by atoms with E-state index in [-0.39, 0.29) is 17.7 Å². The topological polar surface area (TPSA) is 58.6 Å². The number of fused-ring (bicyclic) bond motifs is 1. The van der Waals surface area contributed by atoms with Gasteiger partial charge < -0.3 is 15.2 Å². The molecule has 0 saturated carbocycles. The maximum absolute atomic E-state index is 11.6. The van der Waals surface area contributed by atoms with Crippen LogP contribution in [0.1, 0.15) is 37.4 Å². The van der Waals surface area contributed by atoms with E-state index in [1.54, 1.807) is 12.1 Å². The lowest BCUT2D eigenvalue weighted by molar-refractivity contribution is -0.121. The molecule has 0 radical (unpaired) electrons. The zero-order valence-electron chi connectivity index (χ0n) is 15.0. The molecule has 0 fully saturated rings. The van der Waals surface area contributed by atoms with Crippen LogP contribution in [0.3, 0.4) is 0 Å². The van der Waals surface area contributed by atoms with E-state index in [9.17, 15) is 9.90 Å². The summed E-state index contributed by atoms with van der Waals surface area (Å²) in [6.07, 6.45) is 0.486. The summed E-state index contributed by atoms with van der Waals surface area (Å²) in [5.41, 5.74) is 2.08. The van der Waals surface area contributed by atoms with E-state index < -0.39 is 0 Å². The number of hydrogen-bond acceptors (Lipinski definition) is 3. The third kappa shape index (κ3) is 4.33. The van der Waals surface area contributed by atoms with Crippen molar-refractivity contribution in [2.75, 3.05) is 0 Å². The van der Waals surface area contributed by atoms with E-state index in [0.717, 1.165) is 27.6 Å². The third-order valence-electron chi connectivity index (χ3n) is 4.38. The molecule has 3 aromatic rings. The van der Waals surface area contributed by atoms with Gasteiger partial charge in [-0.05, 0) is 59.2 Å². The average molecular weight is 349 g/mol. The van der Waals surface area contributed by atoms with Gasteiger partial charge >= 0.3 is 0 Å². The molecular formula is C22H23NO3. The summed E-state index contributed by atoms with van der Waals surface area (Å²) in [5.74, 6) is 1.10. The molecule has 0 heterocycles. The molecule has 3 aromatic carbocycles. The Bertz CT molecular complexity index is 903. The molecule has 26 heavy (non-hydrogen) atoms. The lowest BCUT2D eigenvalue weighted by Crippen LogP contribution is -2.25. The number of nitrogens with one attached hydrogen (secondary N) is 1. The fourth-order valence-corrected chi connectivity index (χ4v) is 2.79. The molecular weight excluding hydrogens is 326 g/mol. The Kier molecular flexibility index (Phi) is 5.42. The minimum atomic E-state index is -0.0164. The maximum Gasteiger partial charge on any atom is 0.220 e. The van der Waals surface area contributed by atoms with Gasteiger partial charge in [0.1, 0.15) is 18.1 Å². The minimum Gasteiger partial charge on any atom is -0.508 e. The third-order valence-corrected chi connectivity index (χ3v) is 4.38. The van der Waals surface area contributed by atoms with E-state index >= 15 is 0 Å². The van der Waals surface area contributed by atoms with Crippen molar-refractivity contribution in [3.63, 3.8) is 0 Å². The number of benzene rings is 3. The number of rotatable bonds is 6. The van der Waals surface area contributed by atoms with Gasteiger partial charge in [-0.25, -0.2) is 0 Å². The Morgan fingerprint density at radius 2 is 1.73 bits per heavy atom. The van der Waals surface area contributed by atoms with E-state index in [1.807, 2.05) is 56.3 Å². The largest absolute Gasteiger partial charge is 0.508 e. The van der Waals surface area contributed by atoms with Crippen molar-refractivity contribution in [2.45, 2.75) is 32.9 Å². The predicted molar refractivity (Wildman–Crippen MR) is 103 cm³/mol. The first-order chi connectivity index (χ1) is 12.5. The van der Waals surface area contributed by atoms with Crippen LogP contribution in [-0.2, 0) is 11.4 Å². The summed E-state index contributed by atoms with van der Waals surface area (Å²) < 4.78 is 5.85. The second kappa shape index (κ2) is 7.91. The highest BCUT2D eigenvalue weighted by molar-refractivity contribution is 5.85. The first-order valence-electron chi connectivity index (χ1n) is 8.79. The zero-order chi connectivity index (χ0) is 18.5.